The zero-order valence-corrected chi connectivity index (χ0v) is 7.40. The van der Waals surface area contributed by atoms with E-state index in [0.29, 0.717) is 5.82 Å². The lowest BCUT2D eigenvalue weighted by atomic mass is 10.1. The molecule has 0 saturated heterocycles. The van der Waals surface area contributed by atoms with Crippen molar-refractivity contribution in [3.63, 3.8) is 0 Å². The predicted octanol–water partition coefficient (Wildman–Crippen LogP) is 1.36. The number of hydrogen-bond donors (Lipinski definition) is 2. The molecular formula is C10H9N3O. The van der Waals surface area contributed by atoms with E-state index in [1.54, 1.807) is 6.08 Å². The van der Waals surface area contributed by atoms with Gasteiger partial charge in [0.1, 0.15) is 6.29 Å². The van der Waals surface area contributed by atoms with Crippen molar-refractivity contribution >= 4 is 29.1 Å². The van der Waals surface area contributed by atoms with Crippen molar-refractivity contribution in [2.24, 2.45) is 0 Å². The Morgan fingerprint density at radius 3 is 3.07 bits per heavy atom. The third-order valence-corrected chi connectivity index (χ3v) is 1.98. The molecule has 1 aromatic heterocycles. The van der Waals surface area contributed by atoms with E-state index < -0.39 is 0 Å². The van der Waals surface area contributed by atoms with Gasteiger partial charge in [-0.15, -0.1) is 0 Å². The molecule has 14 heavy (non-hydrogen) atoms. The SMILES string of the molecule is Nc1n[nH]c2cc(C=CC=O)ccc12. The minimum atomic E-state index is 0.492. The molecule has 0 fully saturated rings. The summed E-state index contributed by atoms with van der Waals surface area (Å²) in [6, 6.07) is 5.64. The Morgan fingerprint density at radius 1 is 1.43 bits per heavy atom. The number of aldehydes is 1. The molecule has 0 amide bonds. The first-order valence-electron chi connectivity index (χ1n) is 4.16. The van der Waals surface area contributed by atoms with Crippen LogP contribution in [0.2, 0.25) is 0 Å². The molecule has 0 saturated carbocycles. The van der Waals surface area contributed by atoms with E-state index in [1.807, 2.05) is 18.2 Å². The molecule has 70 valence electrons. The summed E-state index contributed by atoms with van der Waals surface area (Å²) in [6.45, 7) is 0. The van der Waals surface area contributed by atoms with Gasteiger partial charge >= 0.3 is 0 Å². The van der Waals surface area contributed by atoms with E-state index in [2.05, 4.69) is 10.2 Å². The van der Waals surface area contributed by atoms with Gasteiger partial charge in [0, 0.05) is 5.39 Å². The Morgan fingerprint density at radius 2 is 2.29 bits per heavy atom. The average Bonchev–Trinajstić information content (AvgIpc) is 2.57. The van der Waals surface area contributed by atoms with Crippen LogP contribution in [0.25, 0.3) is 17.0 Å². The molecular weight excluding hydrogens is 178 g/mol. The van der Waals surface area contributed by atoms with Crippen LogP contribution in [0.3, 0.4) is 0 Å². The Hall–Kier alpha value is -2.10. The zero-order valence-electron chi connectivity index (χ0n) is 7.40. The maximum Gasteiger partial charge on any atom is 0.153 e. The molecule has 0 unspecified atom stereocenters. The van der Waals surface area contributed by atoms with Crippen molar-refractivity contribution < 1.29 is 4.79 Å². The van der Waals surface area contributed by atoms with Crippen LogP contribution in [-0.4, -0.2) is 16.5 Å². The monoisotopic (exact) mass is 187 g/mol. The highest BCUT2D eigenvalue weighted by Gasteiger charge is 2.00. The number of aromatic amines is 1. The summed E-state index contributed by atoms with van der Waals surface area (Å²) in [5, 5.41) is 7.58. The van der Waals surface area contributed by atoms with Crippen LogP contribution < -0.4 is 5.73 Å². The Balaban J connectivity index is 2.51. The fraction of sp³-hybridized carbons (Fsp3) is 0. The Labute approximate surface area is 80.4 Å². The number of aromatic nitrogens is 2. The van der Waals surface area contributed by atoms with Gasteiger partial charge in [0.05, 0.1) is 5.52 Å². The molecule has 0 aliphatic heterocycles. The van der Waals surface area contributed by atoms with E-state index in [-0.39, 0.29) is 0 Å². The summed E-state index contributed by atoms with van der Waals surface area (Å²) < 4.78 is 0. The molecule has 1 aromatic carbocycles. The Kier molecular flexibility index (Phi) is 2.02. The van der Waals surface area contributed by atoms with Gasteiger partial charge in [0.25, 0.3) is 0 Å². The molecule has 0 spiro atoms. The third-order valence-electron chi connectivity index (χ3n) is 1.98. The van der Waals surface area contributed by atoms with Gasteiger partial charge in [0.2, 0.25) is 0 Å². The number of benzene rings is 1. The van der Waals surface area contributed by atoms with Crippen LogP contribution in [0, 0.1) is 0 Å². The maximum atomic E-state index is 10.1. The van der Waals surface area contributed by atoms with Gasteiger partial charge in [-0.25, -0.2) is 0 Å². The summed E-state index contributed by atoms with van der Waals surface area (Å²) in [5.74, 6) is 0.492. The first-order valence-corrected chi connectivity index (χ1v) is 4.16. The summed E-state index contributed by atoms with van der Waals surface area (Å²) in [7, 11) is 0. The summed E-state index contributed by atoms with van der Waals surface area (Å²) >= 11 is 0. The van der Waals surface area contributed by atoms with E-state index >= 15 is 0 Å². The van der Waals surface area contributed by atoms with Gasteiger partial charge < -0.3 is 5.73 Å². The number of hydrogen-bond acceptors (Lipinski definition) is 3. The van der Waals surface area contributed by atoms with Gasteiger partial charge in [0.15, 0.2) is 5.82 Å². The molecule has 2 aromatic rings. The van der Waals surface area contributed by atoms with Crippen LogP contribution in [0.15, 0.2) is 24.3 Å². The number of H-pyrrole nitrogens is 1. The molecule has 0 aliphatic rings. The number of nitrogens with two attached hydrogens (primary N) is 1. The largest absolute Gasteiger partial charge is 0.382 e. The molecule has 0 bridgehead atoms. The Bertz CT molecular complexity index is 499. The lowest BCUT2D eigenvalue weighted by Crippen LogP contribution is -1.83. The van der Waals surface area contributed by atoms with Crippen molar-refractivity contribution in [2.75, 3.05) is 5.73 Å². The molecule has 0 radical (unpaired) electrons. The second kappa shape index (κ2) is 3.33. The van der Waals surface area contributed by atoms with E-state index in [0.717, 1.165) is 22.8 Å². The van der Waals surface area contributed by atoms with Crippen molar-refractivity contribution in [3.05, 3.63) is 29.8 Å². The van der Waals surface area contributed by atoms with Crippen molar-refractivity contribution in [1.82, 2.24) is 10.2 Å². The van der Waals surface area contributed by atoms with Gasteiger partial charge in [-0.2, -0.15) is 5.10 Å². The molecule has 0 atom stereocenters. The first-order chi connectivity index (χ1) is 6.81. The number of anilines is 1. The molecule has 4 heteroatoms. The summed E-state index contributed by atoms with van der Waals surface area (Å²) in [6.07, 6.45) is 3.91. The van der Waals surface area contributed by atoms with Crippen molar-refractivity contribution in [3.8, 4) is 0 Å². The first kappa shape index (κ1) is 8.50. The topological polar surface area (TPSA) is 71.8 Å². The maximum absolute atomic E-state index is 10.1. The lowest BCUT2D eigenvalue weighted by molar-refractivity contribution is -0.104. The number of fused-ring (bicyclic) bond motifs is 1. The summed E-state index contributed by atoms with van der Waals surface area (Å²) in [5.41, 5.74) is 7.42. The second-order valence-electron chi connectivity index (χ2n) is 2.91. The predicted molar refractivity (Wildman–Crippen MR) is 55.6 cm³/mol. The number of carbonyl (C=O) groups excluding carboxylic acids is 1. The van der Waals surface area contributed by atoms with Crippen LogP contribution in [0.1, 0.15) is 5.56 Å². The molecule has 1 heterocycles. The van der Waals surface area contributed by atoms with Gasteiger partial charge in [-0.05, 0) is 23.8 Å². The van der Waals surface area contributed by atoms with E-state index in [4.69, 9.17) is 5.73 Å². The van der Waals surface area contributed by atoms with Crippen molar-refractivity contribution in [1.29, 1.82) is 0 Å². The number of rotatable bonds is 2. The number of allylic oxidation sites excluding steroid dienone is 1. The smallest absolute Gasteiger partial charge is 0.153 e. The quantitative estimate of drug-likeness (QED) is 0.550. The number of carbonyl (C=O) groups is 1. The average molecular weight is 187 g/mol. The highest BCUT2D eigenvalue weighted by Crippen LogP contribution is 2.19. The molecule has 3 N–H and O–H groups in total. The number of nitrogen functional groups attached to an aromatic ring is 1. The standard InChI is InChI=1S/C10H9N3O/c11-10-8-4-3-7(2-1-5-14)6-9(8)12-13-10/h1-6H,(H3,11,12,13). The van der Waals surface area contributed by atoms with Crippen LogP contribution in [0.4, 0.5) is 5.82 Å². The van der Waals surface area contributed by atoms with Crippen LogP contribution in [-0.2, 0) is 4.79 Å². The van der Waals surface area contributed by atoms with Crippen molar-refractivity contribution in [2.45, 2.75) is 0 Å². The minimum Gasteiger partial charge on any atom is -0.382 e. The number of nitrogens with one attached hydrogen (secondary N) is 1. The molecule has 2 rings (SSSR count). The van der Waals surface area contributed by atoms with Crippen LogP contribution >= 0.6 is 0 Å². The van der Waals surface area contributed by atoms with Crippen LogP contribution in [0.5, 0.6) is 0 Å². The zero-order chi connectivity index (χ0) is 9.97. The lowest BCUT2D eigenvalue weighted by Gasteiger charge is -1.92. The third kappa shape index (κ3) is 1.37. The molecule has 4 nitrogen and oxygen atoms in total. The molecule has 0 aliphatic carbocycles. The second-order valence-corrected chi connectivity index (χ2v) is 2.91. The highest BCUT2D eigenvalue weighted by atomic mass is 16.1. The van der Waals surface area contributed by atoms with Gasteiger partial charge in [-0.3, -0.25) is 9.89 Å². The fourth-order valence-electron chi connectivity index (χ4n) is 1.31. The van der Waals surface area contributed by atoms with Gasteiger partial charge in [-0.1, -0.05) is 12.1 Å². The highest BCUT2D eigenvalue weighted by molar-refractivity contribution is 5.90. The minimum absolute atomic E-state index is 0.492. The van der Waals surface area contributed by atoms with E-state index in [1.165, 1.54) is 6.08 Å². The number of nitrogens with zero attached hydrogens (tertiary/aromatic N) is 1. The summed E-state index contributed by atoms with van der Waals surface area (Å²) in [4.78, 5) is 10.1. The van der Waals surface area contributed by atoms with E-state index in [9.17, 15) is 4.79 Å². The normalized spacial score (nSPS) is 11.1. The fourth-order valence-corrected chi connectivity index (χ4v) is 1.31.